The van der Waals surface area contributed by atoms with Gasteiger partial charge < -0.3 is 10.6 Å². The Kier molecular flexibility index (Phi) is 2.66. The topological polar surface area (TPSA) is 29.3 Å². The van der Waals surface area contributed by atoms with Gasteiger partial charge in [-0.15, -0.1) is 0 Å². The van der Waals surface area contributed by atoms with Crippen molar-refractivity contribution in [1.29, 1.82) is 0 Å². The number of nitrogens with two attached hydrogens (primary N) is 1. The Hall–Kier alpha value is -0.0800. The molecule has 2 saturated heterocycles. The van der Waals surface area contributed by atoms with Crippen LogP contribution in [-0.2, 0) is 0 Å². The minimum Gasteiger partial charge on any atom is -0.330 e. The Balaban J connectivity index is 1.96. The van der Waals surface area contributed by atoms with Gasteiger partial charge in [-0.2, -0.15) is 0 Å². The third-order valence-electron chi connectivity index (χ3n) is 3.37. The van der Waals surface area contributed by atoms with E-state index in [1.807, 2.05) is 0 Å². The highest BCUT2D eigenvalue weighted by atomic mass is 15.1. The molecule has 2 N–H and O–H groups in total. The van der Waals surface area contributed by atoms with Gasteiger partial charge in [0.15, 0.2) is 0 Å². The summed E-state index contributed by atoms with van der Waals surface area (Å²) in [6.45, 7) is 4.85. The van der Waals surface area contributed by atoms with Crippen molar-refractivity contribution in [3.8, 4) is 0 Å². The molecule has 2 fully saturated rings. The van der Waals surface area contributed by atoms with Gasteiger partial charge in [0.05, 0.1) is 0 Å². The molecule has 2 heterocycles. The van der Waals surface area contributed by atoms with E-state index in [4.69, 9.17) is 5.73 Å². The molecule has 0 aliphatic carbocycles. The molecule has 2 aliphatic heterocycles. The highest BCUT2D eigenvalue weighted by Gasteiger charge is 2.27. The van der Waals surface area contributed by atoms with Crippen molar-refractivity contribution in [3.63, 3.8) is 0 Å². The third-order valence-corrected chi connectivity index (χ3v) is 3.37. The summed E-state index contributed by atoms with van der Waals surface area (Å²) in [7, 11) is 0. The second-order valence-electron chi connectivity index (χ2n) is 4.46. The minimum atomic E-state index is 0.793. The molecule has 0 aromatic rings. The molecule has 3 unspecified atom stereocenters. The number of fused-ring (bicyclic) bond motifs is 2. The molecular weight excluding hydrogens is 148 g/mol. The summed E-state index contributed by atoms with van der Waals surface area (Å²) in [6.07, 6.45) is 5.70. The van der Waals surface area contributed by atoms with Crippen molar-refractivity contribution in [1.82, 2.24) is 4.90 Å². The number of hydrogen-bond acceptors (Lipinski definition) is 2. The van der Waals surface area contributed by atoms with Crippen LogP contribution < -0.4 is 5.73 Å². The number of piperidine rings is 1. The average Bonchev–Trinajstić information content (AvgIpc) is 2.27. The van der Waals surface area contributed by atoms with Crippen molar-refractivity contribution in [3.05, 3.63) is 0 Å². The lowest BCUT2D eigenvalue weighted by Crippen LogP contribution is -2.41. The van der Waals surface area contributed by atoms with Crippen LogP contribution in [0.15, 0.2) is 0 Å². The lowest BCUT2D eigenvalue weighted by molar-refractivity contribution is 0.141. The standard InChI is InChI=1S/C10H20N2/c11-6-10-5-9-3-1-2-4-12(7-9)8-10/h9-10H,1-8,11H2. The summed E-state index contributed by atoms with van der Waals surface area (Å²) in [6, 6.07) is 0. The van der Waals surface area contributed by atoms with E-state index in [1.54, 1.807) is 0 Å². The van der Waals surface area contributed by atoms with Gasteiger partial charge in [0, 0.05) is 13.1 Å². The van der Waals surface area contributed by atoms with E-state index in [9.17, 15) is 0 Å². The Labute approximate surface area is 75.1 Å². The maximum Gasteiger partial charge on any atom is 0.00219 e. The van der Waals surface area contributed by atoms with E-state index < -0.39 is 0 Å². The van der Waals surface area contributed by atoms with Crippen molar-refractivity contribution < 1.29 is 0 Å². The lowest BCUT2D eigenvalue weighted by Gasteiger charge is -2.35. The van der Waals surface area contributed by atoms with Crippen LogP contribution in [0.1, 0.15) is 25.7 Å². The van der Waals surface area contributed by atoms with Crippen LogP contribution in [0.4, 0.5) is 0 Å². The Morgan fingerprint density at radius 2 is 2.17 bits per heavy atom. The smallest absolute Gasteiger partial charge is 0.00219 e. The van der Waals surface area contributed by atoms with Crippen LogP contribution >= 0.6 is 0 Å². The zero-order chi connectivity index (χ0) is 8.39. The molecule has 2 heteroatoms. The molecule has 70 valence electrons. The zero-order valence-corrected chi connectivity index (χ0v) is 7.84. The third kappa shape index (κ3) is 1.80. The molecule has 0 saturated carbocycles. The minimum absolute atomic E-state index is 0.793. The second kappa shape index (κ2) is 3.75. The van der Waals surface area contributed by atoms with Crippen molar-refractivity contribution in [2.45, 2.75) is 25.7 Å². The summed E-state index contributed by atoms with van der Waals surface area (Å²) in [5, 5.41) is 0. The van der Waals surface area contributed by atoms with Gasteiger partial charge >= 0.3 is 0 Å². The first-order chi connectivity index (χ1) is 5.88. The van der Waals surface area contributed by atoms with Gasteiger partial charge in [-0.25, -0.2) is 0 Å². The predicted octanol–water partition coefficient (Wildman–Crippen LogP) is 1.07. The van der Waals surface area contributed by atoms with Crippen LogP contribution in [0, 0.1) is 11.8 Å². The second-order valence-corrected chi connectivity index (χ2v) is 4.46. The molecule has 2 bridgehead atoms. The van der Waals surface area contributed by atoms with Crippen LogP contribution in [0.5, 0.6) is 0 Å². The van der Waals surface area contributed by atoms with Gasteiger partial charge in [-0.05, 0) is 44.2 Å². The molecule has 2 aliphatic rings. The first-order valence-electron chi connectivity index (χ1n) is 5.31. The van der Waals surface area contributed by atoms with E-state index in [0.717, 1.165) is 18.4 Å². The van der Waals surface area contributed by atoms with Gasteiger partial charge in [-0.3, -0.25) is 0 Å². The fourth-order valence-corrected chi connectivity index (χ4v) is 2.76. The molecule has 0 amide bonds. The Bertz CT molecular complexity index is 133. The van der Waals surface area contributed by atoms with E-state index in [-0.39, 0.29) is 0 Å². The summed E-state index contributed by atoms with van der Waals surface area (Å²) < 4.78 is 0. The quantitative estimate of drug-likeness (QED) is 0.634. The van der Waals surface area contributed by atoms with Gasteiger partial charge in [-0.1, -0.05) is 6.42 Å². The predicted molar refractivity (Wildman–Crippen MR) is 50.9 cm³/mol. The van der Waals surface area contributed by atoms with E-state index >= 15 is 0 Å². The maximum atomic E-state index is 5.73. The molecule has 12 heavy (non-hydrogen) atoms. The SMILES string of the molecule is NCC1CC2CCCCN(C1)C2. The normalized spacial score (nSPS) is 42.2. The van der Waals surface area contributed by atoms with E-state index in [0.29, 0.717) is 0 Å². The average molecular weight is 168 g/mol. The van der Waals surface area contributed by atoms with Gasteiger partial charge in [0.25, 0.3) is 0 Å². The largest absolute Gasteiger partial charge is 0.330 e. The lowest BCUT2D eigenvalue weighted by atomic mass is 9.88. The van der Waals surface area contributed by atoms with E-state index in [1.165, 1.54) is 45.3 Å². The monoisotopic (exact) mass is 168 g/mol. The fourth-order valence-electron chi connectivity index (χ4n) is 2.76. The van der Waals surface area contributed by atoms with Crippen LogP contribution in [-0.4, -0.2) is 31.1 Å². The number of hydrogen-bond donors (Lipinski definition) is 1. The van der Waals surface area contributed by atoms with Crippen molar-refractivity contribution in [2.24, 2.45) is 17.6 Å². The van der Waals surface area contributed by atoms with Gasteiger partial charge in [0.1, 0.15) is 0 Å². The summed E-state index contributed by atoms with van der Waals surface area (Å²) >= 11 is 0. The van der Waals surface area contributed by atoms with Crippen LogP contribution in [0.3, 0.4) is 0 Å². The fraction of sp³-hybridized carbons (Fsp3) is 1.00. The highest BCUT2D eigenvalue weighted by molar-refractivity contribution is 4.81. The molecule has 2 rings (SSSR count). The molecule has 0 aromatic carbocycles. The molecule has 0 spiro atoms. The summed E-state index contributed by atoms with van der Waals surface area (Å²) in [5.41, 5.74) is 5.73. The first kappa shape index (κ1) is 8.52. The first-order valence-corrected chi connectivity index (χ1v) is 5.31. The van der Waals surface area contributed by atoms with E-state index in [2.05, 4.69) is 4.90 Å². The molecule has 0 aromatic heterocycles. The summed E-state index contributed by atoms with van der Waals surface area (Å²) in [5.74, 6) is 1.76. The highest BCUT2D eigenvalue weighted by Crippen LogP contribution is 2.28. The number of rotatable bonds is 1. The van der Waals surface area contributed by atoms with Crippen LogP contribution in [0.2, 0.25) is 0 Å². The zero-order valence-electron chi connectivity index (χ0n) is 7.84. The maximum absolute atomic E-state index is 5.73. The van der Waals surface area contributed by atoms with Crippen molar-refractivity contribution >= 4 is 0 Å². The van der Waals surface area contributed by atoms with Crippen LogP contribution in [0.25, 0.3) is 0 Å². The molecule has 2 nitrogen and oxygen atoms in total. The number of nitrogens with zero attached hydrogens (tertiary/aromatic N) is 1. The Morgan fingerprint density at radius 3 is 3.00 bits per heavy atom. The Morgan fingerprint density at radius 1 is 1.25 bits per heavy atom. The molecule has 3 atom stereocenters. The van der Waals surface area contributed by atoms with Crippen molar-refractivity contribution in [2.75, 3.05) is 26.2 Å². The summed E-state index contributed by atoms with van der Waals surface area (Å²) in [4.78, 5) is 2.62. The molecule has 0 radical (unpaired) electrons. The van der Waals surface area contributed by atoms with Gasteiger partial charge in [0.2, 0.25) is 0 Å². The molecular formula is C10H20N2.